The lowest BCUT2D eigenvalue weighted by Gasteiger charge is -2.27. The second-order valence-corrected chi connectivity index (χ2v) is 5.51. The minimum atomic E-state index is 0.0438. The second kappa shape index (κ2) is 5.87. The molecule has 1 amide bonds. The standard InChI is InChI=1S/C15H17ClN4O/c1-11-14(15(21)19-7-5-17-6-8-19)10-18-20(11)13-4-2-3-12(16)9-13/h2-4,9-10,17H,5-8H2,1H3. The van der Waals surface area contributed by atoms with Gasteiger partial charge in [-0.25, -0.2) is 4.68 Å². The zero-order chi connectivity index (χ0) is 14.8. The average Bonchev–Trinajstić information content (AvgIpc) is 2.89. The molecule has 1 aliphatic rings. The van der Waals surface area contributed by atoms with Crippen molar-refractivity contribution in [2.24, 2.45) is 0 Å². The lowest BCUT2D eigenvalue weighted by atomic mass is 10.2. The quantitative estimate of drug-likeness (QED) is 0.921. The highest BCUT2D eigenvalue weighted by molar-refractivity contribution is 6.30. The Morgan fingerprint density at radius 2 is 2.10 bits per heavy atom. The zero-order valence-electron chi connectivity index (χ0n) is 11.8. The third kappa shape index (κ3) is 2.80. The van der Waals surface area contributed by atoms with Crippen LogP contribution in [0.15, 0.2) is 30.5 Å². The number of hydrogen-bond acceptors (Lipinski definition) is 3. The smallest absolute Gasteiger partial charge is 0.257 e. The summed E-state index contributed by atoms with van der Waals surface area (Å²) >= 11 is 6.01. The van der Waals surface area contributed by atoms with E-state index in [0.717, 1.165) is 37.6 Å². The van der Waals surface area contributed by atoms with Gasteiger partial charge in [-0.2, -0.15) is 5.10 Å². The van der Waals surface area contributed by atoms with E-state index in [1.807, 2.05) is 36.1 Å². The Balaban J connectivity index is 1.90. The van der Waals surface area contributed by atoms with Crippen LogP contribution < -0.4 is 5.32 Å². The number of hydrogen-bond donors (Lipinski definition) is 1. The summed E-state index contributed by atoms with van der Waals surface area (Å²) in [5, 5.41) is 8.23. The van der Waals surface area contributed by atoms with Gasteiger partial charge in [0.1, 0.15) is 0 Å². The third-order valence-corrected chi connectivity index (χ3v) is 3.93. The van der Waals surface area contributed by atoms with Crippen LogP contribution in [0, 0.1) is 6.92 Å². The second-order valence-electron chi connectivity index (χ2n) is 5.08. The molecule has 2 heterocycles. The molecule has 21 heavy (non-hydrogen) atoms. The summed E-state index contributed by atoms with van der Waals surface area (Å²) < 4.78 is 1.75. The SMILES string of the molecule is Cc1c(C(=O)N2CCNCC2)cnn1-c1cccc(Cl)c1. The molecule has 1 aromatic carbocycles. The maximum atomic E-state index is 12.6. The van der Waals surface area contributed by atoms with Crippen molar-refractivity contribution in [3.8, 4) is 5.69 Å². The molecule has 1 N–H and O–H groups in total. The number of carbonyl (C=O) groups excluding carboxylic acids is 1. The van der Waals surface area contributed by atoms with E-state index in [4.69, 9.17) is 11.6 Å². The Kier molecular flexibility index (Phi) is 3.94. The van der Waals surface area contributed by atoms with E-state index in [-0.39, 0.29) is 5.91 Å². The van der Waals surface area contributed by atoms with E-state index < -0.39 is 0 Å². The van der Waals surface area contributed by atoms with Gasteiger partial charge in [-0.1, -0.05) is 17.7 Å². The average molecular weight is 305 g/mol. The molecule has 0 radical (unpaired) electrons. The summed E-state index contributed by atoms with van der Waals surface area (Å²) in [5.74, 6) is 0.0438. The molecule has 6 heteroatoms. The number of nitrogens with one attached hydrogen (secondary N) is 1. The van der Waals surface area contributed by atoms with Gasteiger partial charge in [0, 0.05) is 31.2 Å². The van der Waals surface area contributed by atoms with Crippen molar-refractivity contribution in [1.29, 1.82) is 0 Å². The fourth-order valence-corrected chi connectivity index (χ4v) is 2.71. The molecular formula is C15H17ClN4O. The summed E-state index contributed by atoms with van der Waals surface area (Å²) in [6, 6.07) is 7.44. The summed E-state index contributed by atoms with van der Waals surface area (Å²) in [7, 11) is 0. The van der Waals surface area contributed by atoms with Gasteiger partial charge < -0.3 is 10.2 Å². The molecule has 1 saturated heterocycles. The Labute approximate surface area is 128 Å². The van der Waals surface area contributed by atoms with Crippen LogP contribution in [0.25, 0.3) is 5.69 Å². The monoisotopic (exact) mass is 304 g/mol. The van der Waals surface area contributed by atoms with E-state index >= 15 is 0 Å². The molecule has 0 atom stereocenters. The molecule has 0 aliphatic carbocycles. The number of carbonyl (C=O) groups is 1. The van der Waals surface area contributed by atoms with Gasteiger partial charge in [0.25, 0.3) is 5.91 Å². The van der Waals surface area contributed by atoms with Crippen LogP contribution in [-0.2, 0) is 0 Å². The molecule has 1 aliphatic heterocycles. The number of rotatable bonds is 2. The van der Waals surface area contributed by atoms with E-state index in [2.05, 4.69) is 10.4 Å². The summed E-state index contributed by atoms with van der Waals surface area (Å²) in [6.07, 6.45) is 1.64. The highest BCUT2D eigenvalue weighted by atomic mass is 35.5. The third-order valence-electron chi connectivity index (χ3n) is 3.70. The largest absolute Gasteiger partial charge is 0.336 e. The number of amides is 1. The number of aromatic nitrogens is 2. The number of piperazine rings is 1. The predicted octanol–water partition coefficient (Wildman–Crippen LogP) is 1.88. The minimum absolute atomic E-state index is 0.0438. The first kappa shape index (κ1) is 14.1. The van der Waals surface area contributed by atoms with Crippen molar-refractivity contribution in [1.82, 2.24) is 20.0 Å². The molecule has 2 aromatic rings. The maximum absolute atomic E-state index is 12.6. The van der Waals surface area contributed by atoms with Crippen LogP contribution in [0.2, 0.25) is 5.02 Å². The van der Waals surface area contributed by atoms with Gasteiger partial charge in [0.05, 0.1) is 23.1 Å². The Morgan fingerprint density at radius 1 is 1.33 bits per heavy atom. The Morgan fingerprint density at radius 3 is 2.81 bits per heavy atom. The van der Waals surface area contributed by atoms with Crippen LogP contribution >= 0.6 is 11.6 Å². The van der Waals surface area contributed by atoms with Gasteiger partial charge in [0.2, 0.25) is 0 Å². The van der Waals surface area contributed by atoms with Crippen LogP contribution in [0.5, 0.6) is 0 Å². The van der Waals surface area contributed by atoms with Gasteiger partial charge in [-0.3, -0.25) is 4.79 Å². The molecule has 0 spiro atoms. The van der Waals surface area contributed by atoms with Crippen molar-refractivity contribution in [2.45, 2.75) is 6.92 Å². The number of benzene rings is 1. The predicted molar refractivity (Wildman–Crippen MR) is 82.1 cm³/mol. The molecule has 0 bridgehead atoms. The normalized spacial score (nSPS) is 15.2. The topological polar surface area (TPSA) is 50.2 Å². The maximum Gasteiger partial charge on any atom is 0.257 e. The van der Waals surface area contributed by atoms with Crippen LogP contribution in [0.1, 0.15) is 16.1 Å². The van der Waals surface area contributed by atoms with Crippen molar-refractivity contribution in [3.05, 3.63) is 46.7 Å². The van der Waals surface area contributed by atoms with Gasteiger partial charge in [0.15, 0.2) is 0 Å². The number of nitrogens with zero attached hydrogens (tertiary/aromatic N) is 3. The zero-order valence-corrected chi connectivity index (χ0v) is 12.6. The van der Waals surface area contributed by atoms with E-state index in [1.165, 1.54) is 0 Å². The molecule has 1 fully saturated rings. The molecular weight excluding hydrogens is 288 g/mol. The van der Waals surface area contributed by atoms with Gasteiger partial charge in [-0.05, 0) is 25.1 Å². The van der Waals surface area contributed by atoms with Gasteiger partial charge >= 0.3 is 0 Å². The van der Waals surface area contributed by atoms with Gasteiger partial charge in [-0.15, -0.1) is 0 Å². The fraction of sp³-hybridized carbons (Fsp3) is 0.333. The van der Waals surface area contributed by atoms with Crippen molar-refractivity contribution >= 4 is 17.5 Å². The fourth-order valence-electron chi connectivity index (χ4n) is 2.53. The lowest BCUT2D eigenvalue weighted by molar-refractivity contribution is 0.0735. The first-order valence-electron chi connectivity index (χ1n) is 6.97. The summed E-state index contributed by atoms with van der Waals surface area (Å²) in [5.41, 5.74) is 2.34. The molecule has 5 nitrogen and oxygen atoms in total. The lowest BCUT2D eigenvalue weighted by Crippen LogP contribution is -2.46. The van der Waals surface area contributed by atoms with Crippen LogP contribution in [0.4, 0.5) is 0 Å². The molecule has 3 rings (SSSR count). The first-order valence-corrected chi connectivity index (χ1v) is 7.35. The van der Waals surface area contributed by atoms with Crippen LogP contribution in [0.3, 0.4) is 0 Å². The molecule has 110 valence electrons. The highest BCUT2D eigenvalue weighted by Gasteiger charge is 2.22. The summed E-state index contributed by atoms with van der Waals surface area (Å²) in [4.78, 5) is 14.4. The van der Waals surface area contributed by atoms with E-state index in [0.29, 0.717) is 10.6 Å². The Bertz CT molecular complexity index is 661. The number of halogens is 1. The molecule has 0 unspecified atom stereocenters. The van der Waals surface area contributed by atoms with Crippen molar-refractivity contribution < 1.29 is 4.79 Å². The summed E-state index contributed by atoms with van der Waals surface area (Å²) in [6.45, 7) is 5.06. The van der Waals surface area contributed by atoms with Crippen molar-refractivity contribution in [3.63, 3.8) is 0 Å². The first-order chi connectivity index (χ1) is 10.2. The van der Waals surface area contributed by atoms with Crippen LogP contribution in [-0.4, -0.2) is 46.8 Å². The highest BCUT2D eigenvalue weighted by Crippen LogP contribution is 2.19. The molecule has 1 aromatic heterocycles. The van der Waals surface area contributed by atoms with E-state index in [1.54, 1.807) is 10.9 Å². The van der Waals surface area contributed by atoms with Crippen molar-refractivity contribution in [2.75, 3.05) is 26.2 Å². The van der Waals surface area contributed by atoms with E-state index in [9.17, 15) is 4.79 Å². The Hall–Kier alpha value is -1.85. The molecule has 0 saturated carbocycles. The minimum Gasteiger partial charge on any atom is -0.336 e.